The van der Waals surface area contributed by atoms with E-state index >= 15 is 0 Å². The van der Waals surface area contributed by atoms with Crippen LogP contribution >= 0.6 is 12.2 Å². The minimum atomic E-state index is 0.103. The van der Waals surface area contributed by atoms with Crippen LogP contribution in [0.3, 0.4) is 0 Å². The van der Waals surface area contributed by atoms with E-state index in [9.17, 15) is 0 Å². The average molecular weight is 308 g/mol. The zero-order valence-electron chi connectivity index (χ0n) is 12.1. The van der Waals surface area contributed by atoms with E-state index in [0.29, 0.717) is 57.0 Å². The highest BCUT2D eigenvalue weighted by atomic mass is 32.1. The van der Waals surface area contributed by atoms with E-state index in [1.165, 1.54) is 0 Å². The molecule has 0 atom stereocenters. The van der Waals surface area contributed by atoms with Gasteiger partial charge in [-0.15, -0.1) is 0 Å². The lowest BCUT2D eigenvalue weighted by molar-refractivity contribution is 0.219. The predicted molar refractivity (Wildman–Crippen MR) is 82.6 cm³/mol. The molecule has 0 radical (unpaired) electrons. The summed E-state index contributed by atoms with van der Waals surface area (Å²) in [6.45, 7) is 2.98. The number of hydrogen-bond donors (Lipinski definition) is 4. The van der Waals surface area contributed by atoms with Gasteiger partial charge < -0.3 is 30.2 Å². The molecule has 0 spiro atoms. The maximum Gasteiger partial charge on any atom is 0.171 e. The first-order valence-corrected chi connectivity index (χ1v) is 7.59. The molecule has 0 rings (SSSR count). The van der Waals surface area contributed by atoms with Crippen LogP contribution in [0.2, 0.25) is 0 Å². The second kappa shape index (κ2) is 13.5. The SMILES string of the molecule is OCCCN(CCCO)C(=S)N(CCCO)CCCO. The average Bonchev–Trinajstić information content (AvgIpc) is 2.47. The van der Waals surface area contributed by atoms with Crippen LogP contribution in [0.15, 0.2) is 0 Å². The van der Waals surface area contributed by atoms with Crippen LogP contribution in [0.5, 0.6) is 0 Å². The van der Waals surface area contributed by atoms with E-state index in [0.717, 1.165) is 0 Å². The van der Waals surface area contributed by atoms with Crippen molar-refractivity contribution < 1.29 is 20.4 Å². The van der Waals surface area contributed by atoms with E-state index in [1.807, 2.05) is 9.80 Å². The summed E-state index contributed by atoms with van der Waals surface area (Å²) in [6.07, 6.45) is 2.50. The molecule has 0 heterocycles. The summed E-state index contributed by atoms with van der Waals surface area (Å²) in [5.74, 6) is 0. The van der Waals surface area contributed by atoms with Gasteiger partial charge in [-0.05, 0) is 37.9 Å². The molecule has 0 amide bonds. The molecule has 0 bridgehead atoms. The fraction of sp³-hybridized carbons (Fsp3) is 0.923. The summed E-state index contributed by atoms with van der Waals surface area (Å²) in [5.41, 5.74) is 0. The van der Waals surface area contributed by atoms with Gasteiger partial charge in [-0.25, -0.2) is 0 Å². The fourth-order valence-electron chi connectivity index (χ4n) is 1.85. The van der Waals surface area contributed by atoms with Crippen LogP contribution < -0.4 is 0 Å². The van der Waals surface area contributed by atoms with Gasteiger partial charge in [0.15, 0.2) is 5.11 Å². The molecule has 0 aliphatic carbocycles. The Balaban J connectivity index is 4.54. The van der Waals surface area contributed by atoms with Gasteiger partial charge in [-0.3, -0.25) is 0 Å². The maximum absolute atomic E-state index is 8.94. The van der Waals surface area contributed by atoms with Crippen LogP contribution in [-0.4, -0.2) is 87.9 Å². The van der Waals surface area contributed by atoms with Crippen molar-refractivity contribution >= 4 is 17.3 Å². The van der Waals surface area contributed by atoms with Gasteiger partial charge in [0.1, 0.15) is 0 Å². The van der Waals surface area contributed by atoms with Crippen molar-refractivity contribution in [3.8, 4) is 0 Å². The van der Waals surface area contributed by atoms with Crippen molar-refractivity contribution in [2.75, 3.05) is 52.6 Å². The third-order valence-corrected chi connectivity index (χ3v) is 3.40. The van der Waals surface area contributed by atoms with Crippen molar-refractivity contribution in [2.24, 2.45) is 0 Å². The molecule has 120 valence electrons. The Bertz CT molecular complexity index is 206. The molecule has 6 nitrogen and oxygen atoms in total. The quantitative estimate of drug-likeness (QED) is 0.358. The first-order valence-electron chi connectivity index (χ1n) is 7.18. The molecule has 20 heavy (non-hydrogen) atoms. The molecular weight excluding hydrogens is 280 g/mol. The van der Waals surface area contributed by atoms with E-state index < -0.39 is 0 Å². The van der Waals surface area contributed by atoms with E-state index in [4.69, 9.17) is 32.6 Å². The Hall–Kier alpha value is -0.470. The van der Waals surface area contributed by atoms with E-state index in [-0.39, 0.29) is 26.4 Å². The normalized spacial score (nSPS) is 10.6. The number of rotatable bonds is 12. The lowest BCUT2D eigenvalue weighted by atomic mass is 10.3. The minimum Gasteiger partial charge on any atom is -0.396 e. The highest BCUT2D eigenvalue weighted by Crippen LogP contribution is 2.05. The minimum absolute atomic E-state index is 0.103. The summed E-state index contributed by atoms with van der Waals surface area (Å²) in [4.78, 5) is 3.94. The largest absolute Gasteiger partial charge is 0.396 e. The van der Waals surface area contributed by atoms with E-state index in [2.05, 4.69) is 0 Å². The third-order valence-electron chi connectivity index (χ3n) is 2.89. The Morgan fingerprint density at radius 1 is 0.600 bits per heavy atom. The molecule has 0 aliphatic rings. The van der Waals surface area contributed by atoms with Crippen LogP contribution in [0.25, 0.3) is 0 Å². The molecule has 0 aliphatic heterocycles. The summed E-state index contributed by atoms with van der Waals surface area (Å²) >= 11 is 5.48. The molecule has 0 aromatic heterocycles. The van der Waals surface area contributed by atoms with Gasteiger partial charge >= 0.3 is 0 Å². The number of aliphatic hydroxyl groups is 4. The molecule has 0 fully saturated rings. The molecule has 0 saturated carbocycles. The topological polar surface area (TPSA) is 87.4 Å². The van der Waals surface area contributed by atoms with Crippen molar-refractivity contribution in [1.82, 2.24) is 9.80 Å². The zero-order valence-corrected chi connectivity index (χ0v) is 12.9. The van der Waals surface area contributed by atoms with Crippen LogP contribution in [0.4, 0.5) is 0 Å². The monoisotopic (exact) mass is 308 g/mol. The first kappa shape index (κ1) is 19.5. The summed E-state index contributed by atoms with van der Waals surface area (Å²) in [5, 5.41) is 36.4. The number of nitrogens with zero attached hydrogens (tertiary/aromatic N) is 2. The predicted octanol–water partition coefficient (Wildman–Crippen LogP) is -0.595. The molecule has 0 aromatic carbocycles. The van der Waals surface area contributed by atoms with Crippen LogP contribution in [0, 0.1) is 0 Å². The van der Waals surface area contributed by atoms with Crippen molar-refractivity contribution in [3.63, 3.8) is 0 Å². The second-order valence-electron chi connectivity index (χ2n) is 4.57. The summed E-state index contributed by atoms with van der Waals surface area (Å²) in [7, 11) is 0. The smallest absolute Gasteiger partial charge is 0.171 e. The Morgan fingerprint density at radius 2 is 0.850 bits per heavy atom. The molecule has 0 aromatic rings. The van der Waals surface area contributed by atoms with Crippen molar-refractivity contribution in [2.45, 2.75) is 25.7 Å². The standard InChI is InChI=1S/C13H28N2O4S/c16-9-1-5-14(6-2-10-17)13(20)15(7-3-11-18)8-4-12-19/h16-19H,1-12H2. The highest BCUT2D eigenvalue weighted by molar-refractivity contribution is 7.80. The number of hydrogen-bond acceptors (Lipinski definition) is 5. The Kier molecular flexibility index (Phi) is 13.2. The van der Waals surface area contributed by atoms with Gasteiger partial charge in [0.05, 0.1) is 0 Å². The van der Waals surface area contributed by atoms with Gasteiger partial charge in [-0.2, -0.15) is 0 Å². The second-order valence-corrected chi connectivity index (χ2v) is 4.93. The van der Waals surface area contributed by atoms with Crippen molar-refractivity contribution in [3.05, 3.63) is 0 Å². The van der Waals surface area contributed by atoms with Gasteiger partial charge in [0.2, 0.25) is 0 Å². The lowest BCUT2D eigenvalue weighted by Crippen LogP contribution is -2.45. The first-order chi connectivity index (χ1) is 9.71. The van der Waals surface area contributed by atoms with Crippen LogP contribution in [0.1, 0.15) is 25.7 Å². The molecule has 0 saturated heterocycles. The Morgan fingerprint density at radius 3 is 1.05 bits per heavy atom. The molecular formula is C13H28N2O4S. The zero-order chi connectivity index (χ0) is 15.2. The highest BCUT2D eigenvalue weighted by Gasteiger charge is 2.15. The number of thiocarbonyl (C=S) groups is 1. The Labute approximate surface area is 126 Å². The lowest BCUT2D eigenvalue weighted by Gasteiger charge is -2.33. The van der Waals surface area contributed by atoms with Crippen molar-refractivity contribution in [1.29, 1.82) is 0 Å². The molecule has 7 heteroatoms. The van der Waals surface area contributed by atoms with Gasteiger partial charge in [-0.1, -0.05) is 0 Å². The third kappa shape index (κ3) is 8.65. The molecule has 4 N–H and O–H groups in total. The number of aliphatic hydroxyl groups excluding tert-OH is 4. The summed E-state index contributed by atoms with van der Waals surface area (Å²) < 4.78 is 0. The fourth-order valence-corrected chi connectivity index (χ4v) is 2.22. The van der Waals surface area contributed by atoms with Crippen LogP contribution in [-0.2, 0) is 0 Å². The van der Waals surface area contributed by atoms with E-state index in [1.54, 1.807) is 0 Å². The summed E-state index contributed by atoms with van der Waals surface area (Å²) in [6, 6.07) is 0. The van der Waals surface area contributed by atoms with Gasteiger partial charge in [0.25, 0.3) is 0 Å². The maximum atomic E-state index is 8.94. The van der Waals surface area contributed by atoms with Gasteiger partial charge in [0, 0.05) is 52.6 Å². The molecule has 0 unspecified atom stereocenters.